The number of hydrogen-bond acceptors (Lipinski definition) is 10. The van der Waals surface area contributed by atoms with E-state index in [1.807, 2.05) is 87.0 Å². The molecule has 2 saturated heterocycles. The minimum Gasteiger partial charge on any atom is -0.493 e. The van der Waals surface area contributed by atoms with Gasteiger partial charge >= 0.3 is 6.09 Å². The first kappa shape index (κ1) is 39.3. The normalized spacial score (nSPS) is 16.7. The van der Waals surface area contributed by atoms with Crippen LogP contribution in [0.25, 0.3) is 39.3 Å². The number of nitrogens with zero attached hydrogens (tertiary/aromatic N) is 6. The summed E-state index contributed by atoms with van der Waals surface area (Å²) in [4.78, 5) is 43.2. The molecule has 15 heteroatoms. The molecule has 6 heterocycles. The van der Waals surface area contributed by atoms with E-state index >= 15 is 0 Å². The molecule has 56 heavy (non-hydrogen) atoms. The zero-order chi connectivity index (χ0) is 39.9. The van der Waals surface area contributed by atoms with Gasteiger partial charge in [0.2, 0.25) is 11.8 Å². The Morgan fingerprint density at radius 1 is 1.04 bits per heavy atom. The second-order valence-corrected chi connectivity index (χ2v) is 16.4. The van der Waals surface area contributed by atoms with Gasteiger partial charge in [-0.25, -0.2) is 14.8 Å². The van der Waals surface area contributed by atoms with Crippen LogP contribution < -0.4 is 14.8 Å². The summed E-state index contributed by atoms with van der Waals surface area (Å²) in [6, 6.07) is 12.8. The Morgan fingerprint density at radius 3 is 2.46 bits per heavy atom. The molecule has 0 saturated carbocycles. The summed E-state index contributed by atoms with van der Waals surface area (Å²) in [5, 5.41) is 13.9. The third-order valence-corrected chi connectivity index (χ3v) is 10.5. The maximum Gasteiger partial charge on any atom is 0.410 e. The number of methoxy groups -OCH3 is 2. The SMILES string of the molecule is COc1nc(-c2cccc(-c3ccnc(-c4cc(OC)c5nc(CN6CC(C)(O)C6)cn5c4)c3Cl)c2Cl)ccc1CN(C[C@@H]1CCC(=O)N1)C(=O)OC(C)(C)C. The highest BCUT2D eigenvalue weighted by Crippen LogP contribution is 2.42. The van der Waals surface area contributed by atoms with E-state index in [-0.39, 0.29) is 25.0 Å². The highest BCUT2D eigenvalue weighted by Gasteiger charge is 2.36. The predicted octanol–water partition coefficient (Wildman–Crippen LogP) is 7.03. The van der Waals surface area contributed by atoms with Gasteiger partial charge < -0.3 is 33.9 Å². The topological polar surface area (TPSA) is 144 Å². The van der Waals surface area contributed by atoms with Gasteiger partial charge in [-0.1, -0.05) is 41.4 Å². The average molecular weight is 803 g/mol. The van der Waals surface area contributed by atoms with Crippen molar-refractivity contribution in [1.82, 2.24) is 34.5 Å². The molecule has 4 aromatic heterocycles. The van der Waals surface area contributed by atoms with Crippen LogP contribution in [0.1, 0.15) is 51.8 Å². The van der Waals surface area contributed by atoms with Gasteiger partial charge in [-0.05, 0) is 58.4 Å². The highest BCUT2D eigenvalue weighted by molar-refractivity contribution is 6.39. The van der Waals surface area contributed by atoms with Crippen LogP contribution in [0.4, 0.5) is 4.79 Å². The Kier molecular flexibility index (Phi) is 10.9. The lowest BCUT2D eigenvalue weighted by molar-refractivity contribution is -0.119. The molecule has 1 atom stereocenters. The summed E-state index contributed by atoms with van der Waals surface area (Å²) in [5.41, 5.74) is 4.63. The molecule has 294 valence electrons. The average Bonchev–Trinajstić information content (AvgIpc) is 3.74. The van der Waals surface area contributed by atoms with E-state index in [1.54, 1.807) is 18.2 Å². The number of aliphatic hydroxyl groups is 1. The fourth-order valence-electron chi connectivity index (χ4n) is 7.26. The number of rotatable bonds is 11. The van der Waals surface area contributed by atoms with Crippen LogP contribution in [-0.2, 0) is 22.6 Å². The molecule has 1 aromatic carbocycles. The first-order valence-corrected chi connectivity index (χ1v) is 19.1. The molecule has 2 aliphatic heterocycles. The van der Waals surface area contributed by atoms with Gasteiger partial charge in [0.05, 0.1) is 53.5 Å². The summed E-state index contributed by atoms with van der Waals surface area (Å²) in [6.45, 7) is 9.48. The van der Waals surface area contributed by atoms with Gasteiger partial charge in [0.15, 0.2) is 11.4 Å². The number of amides is 2. The lowest BCUT2D eigenvalue weighted by atomic mass is 9.97. The standard InChI is InChI=1S/C41H45Cl2N7O6/c1-40(2,3)56-39(52)50(20-26-11-13-33(51)45-26)17-24-10-12-31(47-38(24)55-6)30-9-7-8-28(34(30)42)29-14-15-44-36(35(29)43)25-16-32(54-5)37-46-27(21-49(37)18-25)19-48-22-41(4,53)23-48/h7-10,12,14-16,18,21,26,53H,11,13,17,19-20,22-23H2,1-6H3,(H,45,51)/t26-/m0/s1. The van der Waals surface area contributed by atoms with Gasteiger partial charge in [0.25, 0.3) is 0 Å². The van der Waals surface area contributed by atoms with E-state index in [2.05, 4.69) is 15.2 Å². The van der Waals surface area contributed by atoms with Crippen molar-refractivity contribution in [2.45, 2.75) is 70.9 Å². The lowest BCUT2D eigenvalue weighted by Gasteiger charge is -2.43. The smallest absolute Gasteiger partial charge is 0.410 e. The number of aromatic nitrogens is 4. The molecule has 7 rings (SSSR count). The maximum atomic E-state index is 13.3. The number of carbonyl (C=O) groups excluding carboxylic acids is 2. The van der Waals surface area contributed by atoms with Crippen molar-refractivity contribution in [1.29, 1.82) is 0 Å². The molecule has 2 fully saturated rings. The van der Waals surface area contributed by atoms with Crippen LogP contribution in [0.15, 0.2) is 61.1 Å². The number of β-amino-alcohol motifs (C(OH)–C–C–N with tert-alkyl or cyclic N) is 1. The number of pyridine rings is 3. The van der Waals surface area contributed by atoms with Crippen molar-refractivity contribution in [3.8, 4) is 45.3 Å². The molecule has 2 N–H and O–H groups in total. The molecule has 0 bridgehead atoms. The third kappa shape index (κ3) is 8.41. The summed E-state index contributed by atoms with van der Waals surface area (Å²) >= 11 is 14.3. The van der Waals surface area contributed by atoms with Gasteiger partial charge in [0, 0.05) is 85.0 Å². The quantitative estimate of drug-likeness (QED) is 0.143. The van der Waals surface area contributed by atoms with E-state index < -0.39 is 17.3 Å². The molecule has 2 aliphatic rings. The zero-order valence-electron chi connectivity index (χ0n) is 32.2. The zero-order valence-corrected chi connectivity index (χ0v) is 33.7. The second kappa shape index (κ2) is 15.5. The number of carbonyl (C=O) groups is 2. The van der Waals surface area contributed by atoms with E-state index in [0.29, 0.717) is 93.4 Å². The van der Waals surface area contributed by atoms with E-state index in [9.17, 15) is 14.7 Å². The molecule has 5 aromatic rings. The minimum atomic E-state index is -0.704. The van der Waals surface area contributed by atoms with Gasteiger partial charge in [-0.15, -0.1) is 0 Å². The van der Waals surface area contributed by atoms with Crippen LogP contribution in [0, 0.1) is 0 Å². The van der Waals surface area contributed by atoms with Crippen molar-refractivity contribution in [2.24, 2.45) is 0 Å². The number of nitrogens with one attached hydrogen (secondary N) is 1. The summed E-state index contributed by atoms with van der Waals surface area (Å²) in [7, 11) is 3.12. The molecule has 0 aliphatic carbocycles. The summed E-state index contributed by atoms with van der Waals surface area (Å²) < 4.78 is 19.1. The van der Waals surface area contributed by atoms with Gasteiger partial charge in [0.1, 0.15) is 5.60 Å². The van der Waals surface area contributed by atoms with Crippen LogP contribution >= 0.6 is 23.2 Å². The minimum absolute atomic E-state index is 0.0354. The molecule has 0 unspecified atom stereocenters. The predicted molar refractivity (Wildman–Crippen MR) is 214 cm³/mol. The molecular weight excluding hydrogens is 757 g/mol. The monoisotopic (exact) mass is 801 g/mol. The van der Waals surface area contributed by atoms with E-state index in [1.165, 1.54) is 7.11 Å². The second-order valence-electron chi connectivity index (χ2n) is 15.6. The van der Waals surface area contributed by atoms with Crippen molar-refractivity contribution >= 4 is 40.8 Å². The van der Waals surface area contributed by atoms with Crippen LogP contribution in [0.5, 0.6) is 11.6 Å². The fourth-order valence-corrected chi connectivity index (χ4v) is 7.90. The number of imidazole rings is 1. The summed E-state index contributed by atoms with van der Waals surface area (Å²) in [6.07, 6.45) is 6.10. The Balaban J connectivity index is 1.17. The molecule has 0 spiro atoms. The summed E-state index contributed by atoms with van der Waals surface area (Å²) in [5.74, 6) is 0.850. The van der Waals surface area contributed by atoms with Gasteiger partial charge in [-0.2, -0.15) is 0 Å². The Hall–Kier alpha value is -4.95. The highest BCUT2D eigenvalue weighted by atomic mass is 35.5. The molecule has 13 nitrogen and oxygen atoms in total. The number of benzene rings is 1. The fraction of sp³-hybridized carbons (Fsp3) is 0.390. The largest absolute Gasteiger partial charge is 0.493 e. The Bertz CT molecular complexity index is 2300. The first-order chi connectivity index (χ1) is 26.6. The number of fused-ring (bicyclic) bond motifs is 1. The van der Waals surface area contributed by atoms with Crippen molar-refractivity contribution in [3.05, 3.63) is 82.4 Å². The Labute approximate surface area is 335 Å². The molecular formula is C41H45Cl2N7O6. The number of likely N-dealkylation sites (tertiary alicyclic amines) is 1. The molecule has 0 radical (unpaired) electrons. The first-order valence-electron chi connectivity index (χ1n) is 18.4. The molecule has 2 amide bonds. The number of hydrogen-bond donors (Lipinski definition) is 2. The maximum absolute atomic E-state index is 13.3. The third-order valence-electron chi connectivity index (χ3n) is 9.70. The number of ether oxygens (including phenoxy) is 3. The number of halogens is 2. The Morgan fingerprint density at radius 2 is 1.79 bits per heavy atom. The van der Waals surface area contributed by atoms with Crippen LogP contribution in [0.2, 0.25) is 10.0 Å². The van der Waals surface area contributed by atoms with E-state index in [0.717, 1.165) is 11.3 Å². The lowest BCUT2D eigenvalue weighted by Crippen LogP contribution is -2.59. The van der Waals surface area contributed by atoms with Crippen LogP contribution in [0.3, 0.4) is 0 Å². The van der Waals surface area contributed by atoms with Crippen molar-refractivity contribution < 1.29 is 28.9 Å². The van der Waals surface area contributed by atoms with Gasteiger partial charge in [-0.3, -0.25) is 14.7 Å². The van der Waals surface area contributed by atoms with Crippen LogP contribution in [-0.4, -0.2) is 97.4 Å². The van der Waals surface area contributed by atoms with Crippen molar-refractivity contribution in [3.63, 3.8) is 0 Å². The van der Waals surface area contributed by atoms with Crippen molar-refractivity contribution in [2.75, 3.05) is 33.9 Å². The van der Waals surface area contributed by atoms with E-state index in [4.69, 9.17) is 47.4 Å².